The van der Waals surface area contributed by atoms with E-state index >= 15 is 0 Å². The van der Waals surface area contributed by atoms with Gasteiger partial charge in [0, 0.05) is 18.1 Å². The second kappa shape index (κ2) is 10.7. The molecule has 0 aliphatic heterocycles. The lowest BCUT2D eigenvalue weighted by Gasteiger charge is -2.32. The van der Waals surface area contributed by atoms with Gasteiger partial charge >= 0.3 is 0 Å². The first-order chi connectivity index (χ1) is 14.5. The molecule has 1 aromatic heterocycles. The van der Waals surface area contributed by atoms with Crippen molar-refractivity contribution in [3.63, 3.8) is 0 Å². The average Bonchev–Trinajstić information content (AvgIpc) is 2.76. The first kappa shape index (κ1) is 21.7. The fourth-order valence-corrected chi connectivity index (χ4v) is 3.41. The number of quaternary nitrogens is 1. The highest BCUT2D eigenvalue weighted by Crippen LogP contribution is 2.24. The zero-order chi connectivity index (χ0) is 21.3. The van der Waals surface area contributed by atoms with Crippen molar-refractivity contribution in [1.29, 1.82) is 0 Å². The minimum Gasteiger partial charge on any atom is -0.457 e. The van der Waals surface area contributed by atoms with Gasteiger partial charge in [-0.1, -0.05) is 24.3 Å². The standard InChI is InChI=1S/C24H28N4OS/c1-19(20-8-7-15-25-18-20)28(17-16-27(2)3)24(30)26-21-11-13-23(14-12-21)29-22-9-5-4-6-10-22/h4-15,18-19H,16-17H2,1-3H3,(H,26,30)/p+1. The maximum Gasteiger partial charge on any atom is 0.174 e. The quantitative estimate of drug-likeness (QED) is 0.542. The van der Waals surface area contributed by atoms with Crippen molar-refractivity contribution in [2.45, 2.75) is 13.0 Å². The molecule has 0 aliphatic carbocycles. The van der Waals surface area contributed by atoms with Crippen LogP contribution in [-0.4, -0.2) is 42.2 Å². The molecule has 1 unspecified atom stereocenters. The number of anilines is 1. The number of pyridine rings is 1. The minimum absolute atomic E-state index is 0.124. The number of para-hydroxylation sites is 1. The number of nitrogens with one attached hydrogen (secondary N) is 2. The molecule has 3 rings (SSSR count). The first-order valence-electron chi connectivity index (χ1n) is 10.1. The SMILES string of the molecule is CC(c1cccnc1)N(CC[NH+](C)C)C(=S)Nc1ccc(Oc2ccccc2)cc1. The highest BCUT2D eigenvalue weighted by atomic mass is 32.1. The van der Waals surface area contributed by atoms with Crippen LogP contribution in [-0.2, 0) is 0 Å². The average molecular weight is 422 g/mol. The molecule has 0 fully saturated rings. The van der Waals surface area contributed by atoms with E-state index in [1.807, 2.05) is 66.9 Å². The second-order valence-electron chi connectivity index (χ2n) is 7.48. The third kappa shape index (κ3) is 6.27. The predicted molar refractivity (Wildman–Crippen MR) is 126 cm³/mol. The number of hydrogen-bond donors (Lipinski definition) is 2. The Morgan fingerprint density at radius 2 is 1.73 bits per heavy atom. The molecule has 0 saturated heterocycles. The van der Waals surface area contributed by atoms with Gasteiger partial charge in [-0.15, -0.1) is 0 Å². The van der Waals surface area contributed by atoms with Gasteiger partial charge in [0.05, 0.1) is 33.2 Å². The van der Waals surface area contributed by atoms with Gasteiger partial charge in [0.15, 0.2) is 5.11 Å². The molecule has 0 bridgehead atoms. The maximum absolute atomic E-state index is 5.87. The summed E-state index contributed by atoms with van der Waals surface area (Å²) in [5, 5.41) is 4.08. The van der Waals surface area contributed by atoms with Gasteiger partial charge in [0.1, 0.15) is 11.5 Å². The summed E-state index contributed by atoms with van der Waals surface area (Å²) in [5.41, 5.74) is 2.07. The molecule has 0 radical (unpaired) electrons. The summed E-state index contributed by atoms with van der Waals surface area (Å²) < 4.78 is 5.87. The maximum atomic E-state index is 5.87. The number of likely N-dealkylation sites (N-methyl/N-ethyl adjacent to an activating group) is 1. The van der Waals surface area contributed by atoms with E-state index in [1.165, 1.54) is 4.90 Å². The van der Waals surface area contributed by atoms with Crippen LogP contribution in [0.15, 0.2) is 79.1 Å². The molecule has 3 aromatic rings. The van der Waals surface area contributed by atoms with Crippen molar-refractivity contribution in [2.75, 3.05) is 32.5 Å². The molecule has 1 heterocycles. The van der Waals surface area contributed by atoms with Crippen LogP contribution < -0.4 is 15.0 Å². The van der Waals surface area contributed by atoms with Gasteiger partial charge in [-0.25, -0.2) is 0 Å². The third-order valence-electron chi connectivity index (χ3n) is 4.83. The largest absolute Gasteiger partial charge is 0.457 e. The fraction of sp³-hybridized carbons (Fsp3) is 0.250. The summed E-state index contributed by atoms with van der Waals surface area (Å²) >= 11 is 5.78. The predicted octanol–water partition coefficient (Wildman–Crippen LogP) is 3.78. The van der Waals surface area contributed by atoms with Gasteiger partial charge in [0.25, 0.3) is 0 Å². The van der Waals surface area contributed by atoms with Gasteiger partial charge in [-0.2, -0.15) is 0 Å². The number of nitrogens with zero attached hydrogens (tertiary/aromatic N) is 2. The van der Waals surface area contributed by atoms with Gasteiger partial charge in [-0.3, -0.25) is 4.98 Å². The summed E-state index contributed by atoms with van der Waals surface area (Å²) in [6, 6.07) is 21.8. The molecule has 2 aromatic carbocycles. The van der Waals surface area contributed by atoms with Gasteiger partial charge in [0.2, 0.25) is 0 Å². The molecule has 30 heavy (non-hydrogen) atoms. The monoisotopic (exact) mass is 421 g/mol. The van der Waals surface area contributed by atoms with Crippen molar-refractivity contribution in [3.8, 4) is 11.5 Å². The topological polar surface area (TPSA) is 41.8 Å². The lowest BCUT2D eigenvalue weighted by atomic mass is 10.1. The summed E-state index contributed by atoms with van der Waals surface area (Å²) in [5.74, 6) is 1.60. The molecular weight excluding hydrogens is 392 g/mol. The molecule has 0 saturated carbocycles. The second-order valence-corrected chi connectivity index (χ2v) is 7.87. The lowest BCUT2D eigenvalue weighted by molar-refractivity contribution is -0.857. The van der Waals surface area contributed by atoms with Crippen molar-refractivity contribution >= 4 is 23.0 Å². The van der Waals surface area contributed by atoms with Gasteiger partial charge in [-0.05, 0) is 67.2 Å². The number of aromatic nitrogens is 1. The summed E-state index contributed by atoms with van der Waals surface area (Å²) in [6.45, 7) is 3.99. The van der Waals surface area contributed by atoms with E-state index in [-0.39, 0.29) is 6.04 Å². The van der Waals surface area contributed by atoms with Crippen molar-refractivity contribution < 1.29 is 9.64 Å². The van der Waals surface area contributed by atoms with Crippen LogP contribution in [0.2, 0.25) is 0 Å². The molecule has 5 nitrogen and oxygen atoms in total. The summed E-state index contributed by atoms with van der Waals surface area (Å²) in [4.78, 5) is 7.86. The highest BCUT2D eigenvalue weighted by molar-refractivity contribution is 7.80. The number of benzene rings is 2. The molecular formula is C24H29N4OS+. The third-order valence-corrected chi connectivity index (χ3v) is 5.17. The highest BCUT2D eigenvalue weighted by Gasteiger charge is 2.20. The van der Waals surface area contributed by atoms with Crippen LogP contribution in [0.5, 0.6) is 11.5 Å². The smallest absolute Gasteiger partial charge is 0.174 e. The Bertz CT molecular complexity index is 917. The van der Waals surface area contributed by atoms with E-state index in [1.54, 1.807) is 6.20 Å². The van der Waals surface area contributed by atoms with Gasteiger partial charge < -0.3 is 19.9 Å². The molecule has 0 spiro atoms. The number of rotatable bonds is 8. The normalized spacial score (nSPS) is 11.7. The van der Waals surface area contributed by atoms with Crippen LogP contribution in [0.1, 0.15) is 18.5 Å². The first-order valence-corrected chi connectivity index (χ1v) is 10.5. The summed E-state index contributed by atoms with van der Waals surface area (Å²) in [7, 11) is 4.30. The van der Waals surface area contributed by atoms with E-state index in [9.17, 15) is 0 Å². The molecule has 156 valence electrons. The Hall–Kier alpha value is -2.96. The number of ether oxygens (including phenoxy) is 1. The van der Waals surface area contributed by atoms with Crippen molar-refractivity contribution in [1.82, 2.24) is 9.88 Å². The van der Waals surface area contributed by atoms with E-state index in [0.29, 0.717) is 5.11 Å². The van der Waals surface area contributed by atoms with E-state index in [4.69, 9.17) is 17.0 Å². The van der Waals surface area contributed by atoms with Crippen LogP contribution >= 0.6 is 12.2 Å². The zero-order valence-electron chi connectivity index (χ0n) is 17.7. The molecule has 0 amide bonds. The molecule has 2 N–H and O–H groups in total. The molecule has 0 aliphatic rings. The van der Waals surface area contributed by atoms with E-state index < -0.39 is 0 Å². The Balaban J connectivity index is 1.68. The van der Waals surface area contributed by atoms with Crippen molar-refractivity contribution in [3.05, 3.63) is 84.7 Å². The Labute approximate surface area is 184 Å². The minimum atomic E-state index is 0.124. The van der Waals surface area contributed by atoms with E-state index in [0.717, 1.165) is 35.8 Å². The van der Waals surface area contributed by atoms with E-state index in [2.05, 4.69) is 42.3 Å². The summed E-state index contributed by atoms with van der Waals surface area (Å²) in [6.07, 6.45) is 3.69. The number of hydrogen-bond acceptors (Lipinski definition) is 3. The molecule has 1 atom stereocenters. The molecule has 6 heteroatoms. The fourth-order valence-electron chi connectivity index (χ4n) is 3.04. The Kier molecular flexibility index (Phi) is 7.76. The Morgan fingerprint density at radius 1 is 1.03 bits per heavy atom. The number of thiocarbonyl (C=S) groups is 1. The zero-order valence-corrected chi connectivity index (χ0v) is 18.5. The Morgan fingerprint density at radius 3 is 2.37 bits per heavy atom. The van der Waals surface area contributed by atoms with Crippen LogP contribution in [0, 0.1) is 0 Å². The van der Waals surface area contributed by atoms with Crippen molar-refractivity contribution in [2.24, 2.45) is 0 Å². The van der Waals surface area contributed by atoms with Crippen LogP contribution in [0.4, 0.5) is 5.69 Å². The lowest BCUT2D eigenvalue weighted by Crippen LogP contribution is -3.06. The van der Waals surface area contributed by atoms with Crippen LogP contribution in [0.25, 0.3) is 0 Å². The van der Waals surface area contributed by atoms with Crippen LogP contribution in [0.3, 0.4) is 0 Å².